The standard InChI is InChI=1S/C41H52N4O4/c1-2-3-23-43-24-13-15-31(29-43)28-42-39(48)36-22-14-25-44(36)40(49)37-26-35(46)30-45(37)38(47)27-41(32-16-7-4-8-17-32,33-18-9-5-10-19-33)34-20-11-6-12-21-34/h4-12,16-21,31,35-37,46H,2-3,13-15,22-30H2,1H3,(H,42,48). The van der Waals surface area contributed by atoms with Crippen LogP contribution in [0.5, 0.6) is 0 Å². The van der Waals surface area contributed by atoms with Gasteiger partial charge in [0.1, 0.15) is 12.1 Å². The monoisotopic (exact) mass is 664 g/mol. The molecular formula is C41H52N4O4. The van der Waals surface area contributed by atoms with Gasteiger partial charge in [-0.15, -0.1) is 0 Å². The van der Waals surface area contributed by atoms with Crippen molar-refractivity contribution in [2.75, 3.05) is 39.3 Å². The van der Waals surface area contributed by atoms with Gasteiger partial charge in [-0.3, -0.25) is 14.4 Å². The van der Waals surface area contributed by atoms with E-state index in [2.05, 4.69) is 53.5 Å². The van der Waals surface area contributed by atoms with Crippen LogP contribution in [0.2, 0.25) is 0 Å². The van der Waals surface area contributed by atoms with E-state index < -0.39 is 23.6 Å². The first-order valence-electron chi connectivity index (χ1n) is 18.4. The van der Waals surface area contributed by atoms with E-state index in [1.807, 2.05) is 54.6 Å². The molecule has 49 heavy (non-hydrogen) atoms. The van der Waals surface area contributed by atoms with Gasteiger partial charge in [-0.05, 0) is 67.8 Å². The molecule has 3 saturated heterocycles. The van der Waals surface area contributed by atoms with Crippen molar-refractivity contribution in [1.82, 2.24) is 20.0 Å². The number of amides is 3. The lowest BCUT2D eigenvalue weighted by atomic mass is 9.67. The van der Waals surface area contributed by atoms with Crippen molar-refractivity contribution in [1.29, 1.82) is 0 Å². The summed E-state index contributed by atoms with van der Waals surface area (Å²) in [5.41, 5.74) is 2.12. The van der Waals surface area contributed by atoms with E-state index in [1.165, 1.54) is 12.8 Å². The van der Waals surface area contributed by atoms with E-state index >= 15 is 0 Å². The summed E-state index contributed by atoms with van der Waals surface area (Å²) < 4.78 is 0. The third kappa shape index (κ3) is 7.76. The first kappa shape index (κ1) is 34.8. The van der Waals surface area contributed by atoms with Crippen molar-refractivity contribution in [3.8, 4) is 0 Å². The van der Waals surface area contributed by atoms with Crippen LogP contribution in [0, 0.1) is 5.92 Å². The van der Waals surface area contributed by atoms with Gasteiger partial charge in [0.05, 0.1) is 11.5 Å². The predicted octanol–water partition coefficient (Wildman–Crippen LogP) is 4.99. The van der Waals surface area contributed by atoms with Gasteiger partial charge in [0, 0.05) is 39.0 Å². The number of aliphatic hydroxyl groups excluding tert-OH is 1. The fraction of sp³-hybridized carbons (Fsp3) is 0.488. The fourth-order valence-electron chi connectivity index (χ4n) is 8.39. The molecule has 4 atom stereocenters. The zero-order valence-corrected chi connectivity index (χ0v) is 28.9. The summed E-state index contributed by atoms with van der Waals surface area (Å²) in [6.45, 7) is 6.63. The number of nitrogens with one attached hydrogen (secondary N) is 1. The van der Waals surface area contributed by atoms with Crippen LogP contribution in [0.15, 0.2) is 91.0 Å². The Bertz CT molecular complexity index is 1440. The molecule has 3 aliphatic heterocycles. The fourth-order valence-corrected chi connectivity index (χ4v) is 8.39. The molecule has 3 amide bonds. The van der Waals surface area contributed by atoms with Crippen molar-refractivity contribution in [3.63, 3.8) is 0 Å². The van der Waals surface area contributed by atoms with Gasteiger partial charge in [-0.2, -0.15) is 0 Å². The predicted molar refractivity (Wildman–Crippen MR) is 192 cm³/mol. The molecule has 2 N–H and O–H groups in total. The normalized spacial score (nSPS) is 23.1. The molecule has 8 heteroatoms. The number of rotatable bonds is 12. The van der Waals surface area contributed by atoms with Crippen LogP contribution in [0.1, 0.15) is 75.0 Å². The smallest absolute Gasteiger partial charge is 0.246 e. The van der Waals surface area contributed by atoms with Gasteiger partial charge < -0.3 is 25.1 Å². The van der Waals surface area contributed by atoms with Crippen LogP contribution < -0.4 is 5.32 Å². The number of unbranched alkanes of at least 4 members (excludes halogenated alkanes) is 1. The molecule has 0 spiro atoms. The zero-order chi connectivity index (χ0) is 34.2. The van der Waals surface area contributed by atoms with Crippen LogP contribution in [-0.4, -0.2) is 95.0 Å². The van der Waals surface area contributed by atoms with E-state index in [9.17, 15) is 19.5 Å². The van der Waals surface area contributed by atoms with Crippen LogP contribution in [-0.2, 0) is 19.8 Å². The van der Waals surface area contributed by atoms with Crippen molar-refractivity contribution in [3.05, 3.63) is 108 Å². The Morgan fingerprint density at radius 1 is 0.776 bits per heavy atom. The quantitative estimate of drug-likeness (QED) is 0.266. The minimum atomic E-state index is -0.818. The minimum absolute atomic E-state index is 0.0854. The summed E-state index contributed by atoms with van der Waals surface area (Å²) in [5.74, 6) is -0.131. The molecule has 3 aromatic rings. The lowest BCUT2D eigenvalue weighted by molar-refractivity contribution is -0.146. The summed E-state index contributed by atoms with van der Waals surface area (Å²) in [6, 6.07) is 28.8. The molecule has 0 bridgehead atoms. The maximum Gasteiger partial charge on any atom is 0.246 e. The van der Waals surface area contributed by atoms with Crippen LogP contribution >= 0.6 is 0 Å². The maximum absolute atomic E-state index is 14.6. The van der Waals surface area contributed by atoms with Crippen LogP contribution in [0.4, 0.5) is 0 Å². The molecule has 3 fully saturated rings. The highest BCUT2D eigenvalue weighted by Gasteiger charge is 2.47. The van der Waals surface area contributed by atoms with E-state index in [1.54, 1.807) is 9.80 Å². The molecular weight excluding hydrogens is 612 g/mol. The molecule has 0 aromatic heterocycles. The lowest BCUT2D eigenvalue weighted by Crippen LogP contribution is -2.54. The molecule has 260 valence electrons. The summed E-state index contributed by atoms with van der Waals surface area (Å²) in [5, 5.41) is 14.1. The SMILES string of the molecule is CCCCN1CCCC(CNC(=O)C2CCCN2C(=O)C2CC(O)CN2C(=O)CC(c2ccccc2)(c2ccccc2)c2ccccc2)C1. The number of piperidine rings is 1. The number of carbonyl (C=O) groups excluding carboxylic acids is 3. The summed E-state index contributed by atoms with van der Waals surface area (Å²) in [4.78, 5) is 48.2. The van der Waals surface area contributed by atoms with Crippen LogP contribution in [0.3, 0.4) is 0 Å². The lowest BCUT2D eigenvalue weighted by Gasteiger charge is -2.38. The number of hydrogen-bond donors (Lipinski definition) is 2. The van der Waals surface area contributed by atoms with E-state index in [0.717, 1.165) is 55.6 Å². The Hall–Kier alpha value is -4.01. The summed E-state index contributed by atoms with van der Waals surface area (Å²) in [7, 11) is 0. The zero-order valence-electron chi connectivity index (χ0n) is 28.9. The highest BCUT2D eigenvalue weighted by Crippen LogP contribution is 2.43. The third-order valence-electron chi connectivity index (χ3n) is 10.9. The molecule has 4 unspecified atom stereocenters. The number of likely N-dealkylation sites (tertiary alicyclic amines) is 3. The highest BCUT2D eigenvalue weighted by molar-refractivity contribution is 5.93. The Balaban J connectivity index is 1.20. The second kappa shape index (κ2) is 16.1. The highest BCUT2D eigenvalue weighted by atomic mass is 16.3. The minimum Gasteiger partial charge on any atom is -0.391 e. The van der Waals surface area contributed by atoms with Gasteiger partial charge in [0.15, 0.2) is 0 Å². The number of carbonyl (C=O) groups is 3. The number of hydrogen-bond acceptors (Lipinski definition) is 5. The number of benzene rings is 3. The average molecular weight is 665 g/mol. The van der Waals surface area contributed by atoms with Gasteiger partial charge in [-0.1, -0.05) is 104 Å². The molecule has 8 nitrogen and oxygen atoms in total. The Morgan fingerprint density at radius 2 is 1.37 bits per heavy atom. The molecule has 0 aliphatic carbocycles. The first-order valence-corrected chi connectivity index (χ1v) is 18.4. The summed E-state index contributed by atoms with van der Waals surface area (Å²) >= 11 is 0. The molecule has 3 aromatic carbocycles. The Labute approximate surface area is 291 Å². The Kier molecular flexibility index (Phi) is 11.5. The van der Waals surface area contributed by atoms with E-state index in [-0.39, 0.29) is 37.1 Å². The van der Waals surface area contributed by atoms with Gasteiger partial charge in [0.25, 0.3) is 0 Å². The molecule has 0 radical (unpaired) electrons. The van der Waals surface area contributed by atoms with Crippen molar-refractivity contribution < 1.29 is 19.5 Å². The van der Waals surface area contributed by atoms with Gasteiger partial charge >= 0.3 is 0 Å². The first-order chi connectivity index (χ1) is 23.9. The van der Waals surface area contributed by atoms with Gasteiger partial charge in [-0.25, -0.2) is 0 Å². The average Bonchev–Trinajstić information content (AvgIpc) is 3.80. The van der Waals surface area contributed by atoms with Crippen LogP contribution in [0.25, 0.3) is 0 Å². The molecule has 3 heterocycles. The number of aliphatic hydroxyl groups is 1. The molecule has 6 rings (SSSR count). The number of nitrogens with zero attached hydrogens (tertiary/aromatic N) is 3. The van der Waals surface area contributed by atoms with Crippen molar-refractivity contribution in [2.24, 2.45) is 5.92 Å². The molecule has 3 aliphatic rings. The maximum atomic E-state index is 14.6. The largest absolute Gasteiger partial charge is 0.391 e. The Morgan fingerprint density at radius 3 is 1.96 bits per heavy atom. The summed E-state index contributed by atoms with van der Waals surface area (Å²) in [6.07, 6.45) is 5.40. The van der Waals surface area contributed by atoms with Crippen molar-refractivity contribution in [2.45, 2.75) is 81.9 Å². The van der Waals surface area contributed by atoms with E-state index in [4.69, 9.17) is 0 Å². The number of β-amino-alcohol motifs (C(OH)–C–C–N with tert-alkyl or cyclic N) is 1. The van der Waals surface area contributed by atoms with E-state index in [0.29, 0.717) is 25.4 Å². The molecule has 0 saturated carbocycles. The van der Waals surface area contributed by atoms with Gasteiger partial charge in [0.2, 0.25) is 17.7 Å². The van der Waals surface area contributed by atoms with Crippen molar-refractivity contribution >= 4 is 17.7 Å². The topological polar surface area (TPSA) is 93.2 Å². The second-order valence-corrected chi connectivity index (χ2v) is 14.2. The second-order valence-electron chi connectivity index (χ2n) is 14.2. The third-order valence-corrected chi connectivity index (χ3v) is 10.9.